The zero-order valence-electron chi connectivity index (χ0n) is 11.1. The van der Waals surface area contributed by atoms with E-state index in [1.165, 1.54) is 6.07 Å². The molecule has 0 spiro atoms. The smallest absolute Gasteiger partial charge is 0.240 e. The highest BCUT2D eigenvalue weighted by molar-refractivity contribution is 7.89. The monoisotopic (exact) mass is 271 g/mol. The summed E-state index contributed by atoms with van der Waals surface area (Å²) in [5.41, 5.74) is 6.77. The van der Waals surface area contributed by atoms with Crippen molar-refractivity contribution in [3.05, 3.63) is 23.8 Å². The van der Waals surface area contributed by atoms with E-state index in [2.05, 4.69) is 4.72 Å². The molecular weight excluding hydrogens is 250 g/mol. The van der Waals surface area contributed by atoms with E-state index in [0.717, 1.165) is 13.0 Å². The lowest BCUT2D eigenvalue weighted by Crippen LogP contribution is -2.27. The maximum Gasteiger partial charge on any atom is 0.240 e. The minimum atomic E-state index is -3.46. The molecule has 0 saturated carbocycles. The fourth-order valence-electron chi connectivity index (χ4n) is 1.59. The van der Waals surface area contributed by atoms with Crippen molar-refractivity contribution in [2.24, 2.45) is 0 Å². The number of nitrogens with two attached hydrogens (primary N) is 1. The maximum absolute atomic E-state index is 12.1. The van der Waals surface area contributed by atoms with Crippen molar-refractivity contribution in [3.63, 3.8) is 0 Å². The highest BCUT2D eigenvalue weighted by atomic mass is 32.2. The zero-order chi connectivity index (χ0) is 13.8. The molecule has 5 nitrogen and oxygen atoms in total. The van der Waals surface area contributed by atoms with Gasteiger partial charge in [0.25, 0.3) is 0 Å². The molecular formula is C12H21N3O2S. The number of benzene rings is 1. The van der Waals surface area contributed by atoms with Crippen LogP contribution in [0.15, 0.2) is 23.1 Å². The second kappa shape index (κ2) is 6.17. The van der Waals surface area contributed by atoms with Crippen LogP contribution in [0.1, 0.15) is 12.0 Å². The van der Waals surface area contributed by atoms with E-state index < -0.39 is 10.0 Å². The van der Waals surface area contributed by atoms with Crippen molar-refractivity contribution in [2.45, 2.75) is 18.2 Å². The Morgan fingerprint density at radius 2 is 2.00 bits per heavy atom. The van der Waals surface area contributed by atoms with Gasteiger partial charge in [0.2, 0.25) is 10.0 Å². The van der Waals surface area contributed by atoms with Gasteiger partial charge in [-0.15, -0.1) is 0 Å². The SMILES string of the molecule is Cc1ccc(N)cc1S(=O)(=O)NCCCN(C)C. The number of anilines is 1. The molecule has 18 heavy (non-hydrogen) atoms. The van der Waals surface area contributed by atoms with Crippen LogP contribution in [0, 0.1) is 6.92 Å². The molecule has 0 bridgehead atoms. The number of nitrogens with zero attached hydrogens (tertiary/aromatic N) is 1. The second-order valence-corrected chi connectivity index (χ2v) is 6.31. The lowest BCUT2D eigenvalue weighted by molar-refractivity contribution is 0.400. The number of nitrogens with one attached hydrogen (secondary N) is 1. The fourth-order valence-corrected chi connectivity index (χ4v) is 2.94. The standard InChI is InChI=1S/C12H21N3O2S/c1-10-5-6-11(13)9-12(10)18(16,17)14-7-4-8-15(2)3/h5-6,9,14H,4,7-8,13H2,1-3H3. The molecule has 0 saturated heterocycles. The van der Waals surface area contributed by atoms with Crippen LogP contribution in [0.5, 0.6) is 0 Å². The molecule has 0 unspecified atom stereocenters. The van der Waals surface area contributed by atoms with Crippen LogP contribution in [0.25, 0.3) is 0 Å². The highest BCUT2D eigenvalue weighted by Gasteiger charge is 2.16. The van der Waals surface area contributed by atoms with Crippen LogP contribution in [-0.4, -0.2) is 40.5 Å². The molecule has 0 heterocycles. The quantitative estimate of drug-likeness (QED) is 0.593. The van der Waals surface area contributed by atoms with Crippen LogP contribution >= 0.6 is 0 Å². The third-order valence-electron chi connectivity index (χ3n) is 2.58. The lowest BCUT2D eigenvalue weighted by atomic mass is 10.2. The number of nitrogen functional groups attached to an aromatic ring is 1. The minimum Gasteiger partial charge on any atom is -0.399 e. The Bertz CT molecular complexity index is 498. The Morgan fingerprint density at radius 3 is 2.61 bits per heavy atom. The van der Waals surface area contributed by atoms with E-state index in [1.54, 1.807) is 19.1 Å². The van der Waals surface area contributed by atoms with Crippen LogP contribution in [0.3, 0.4) is 0 Å². The Kier molecular flexibility index (Phi) is 5.13. The predicted octanol–water partition coefficient (Wildman–Crippen LogP) is 0.807. The summed E-state index contributed by atoms with van der Waals surface area (Å²) in [5.74, 6) is 0. The number of rotatable bonds is 6. The highest BCUT2D eigenvalue weighted by Crippen LogP contribution is 2.17. The van der Waals surface area contributed by atoms with Crippen molar-refractivity contribution in [1.82, 2.24) is 9.62 Å². The van der Waals surface area contributed by atoms with Crippen LogP contribution in [0.2, 0.25) is 0 Å². The average Bonchev–Trinajstić information content (AvgIpc) is 2.27. The maximum atomic E-state index is 12.1. The van der Waals surface area contributed by atoms with Gasteiger partial charge in [0.15, 0.2) is 0 Å². The summed E-state index contributed by atoms with van der Waals surface area (Å²) in [6.07, 6.45) is 0.771. The first-order valence-corrected chi connectivity index (χ1v) is 7.32. The fraction of sp³-hybridized carbons (Fsp3) is 0.500. The molecule has 1 rings (SSSR count). The largest absolute Gasteiger partial charge is 0.399 e. The van der Waals surface area contributed by atoms with E-state index in [4.69, 9.17) is 5.73 Å². The summed E-state index contributed by atoms with van der Waals surface area (Å²) in [6, 6.07) is 4.90. The Morgan fingerprint density at radius 1 is 1.33 bits per heavy atom. The molecule has 102 valence electrons. The molecule has 1 aromatic carbocycles. The van der Waals surface area contributed by atoms with Crippen molar-refractivity contribution in [3.8, 4) is 0 Å². The normalized spacial score (nSPS) is 12.0. The topological polar surface area (TPSA) is 75.4 Å². The van der Waals surface area contributed by atoms with Crippen LogP contribution in [-0.2, 0) is 10.0 Å². The Hall–Kier alpha value is -1.11. The van der Waals surface area contributed by atoms with Gasteiger partial charge in [-0.3, -0.25) is 0 Å². The van der Waals surface area contributed by atoms with Crippen LogP contribution < -0.4 is 10.5 Å². The zero-order valence-corrected chi connectivity index (χ0v) is 11.9. The Labute approximate surface area is 109 Å². The van der Waals surface area contributed by atoms with Gasteiger partial charge in [0.1, 0.15) is 0 Å². The number of hydrogen-bond acceptors (Lipinski definition) is 4. The van der Waals surface area contributed by atoms with Gasteiger partial charge in [0, 0.05) is 12.2 Å². The molecule has 0 amide bonds. The van der Waals surface area contributed by atoms with Crippen molar-refractivity contribution >= 4 is 15.7 Å². The molecule has 0 fully saturated rings. The first-order chi connectivity index (χ1) is 8.33. The summed E-state index contributed by atoms with van der Waals surface area (Å²) < 4.78 is 26.7. The molecule has 0 aliphatic heterocycles. The lowest BCUT2D eigenvalue weighted by Gasteiger charge is -2.12. The number of aryl methyl sites for hydroxylation is 1. The van der Waals surface area contributed by atoms with Gasteiger partial charge >= 0.3 is 0 Å². The second-order valence-electron chi connectivity index (χ2n) is 4.58. The van der Waals surface area contributed by atoms with E-state index in [0.29, 0.717) is 17.8 Å². The van der Waals surface area contributed by atoms with Crippen LogP contribution in [0.4, 0.5) is 5.69 Å². The first-order valence-electron chi connectivity index (χ1n) is 5.83. The van der Waals surface area contributed by atoms with E-state index in [9.17, 15) is 8.42 Å². The summed E-state index contributed by atoms with van der Waals surface area (Å²) in [6.45, 7) is 3.03. The summed E-state index contributed by atoms with van der Waals surface area (Å²) in [5, 5.41) is 0. The molecule has 6 heteroatoms. The molecule has 0 aliphatic rings. The van der Waals surface area contributed by atoms with Crippen molar-refractivity contribution in [2.75, 3.05) is 32.9 Å². The molecule has 0 aromatic heterocycles. The van der Waals surface area contributed by atoms with Gasteiger partial charge < -0.3 is 10.6 Å². The van der Waals surface area contributed by atoms with Gasteiger partial charge in [-0.1, -0.05) is 6.07 Å². The number of hydrogen-bond donors (Lipinski definition) is 2. The van der Waals surface area contributed by atoms with Gasteiger partial charge in [-0.25, -0.2) is 13.1 Å². The summed E-state index contributed by atoms with van der Waals surface area (Å²) in [4.78, 5) is 2.27. The van der Waals surface area contributed by atoms with E-state index in [-0.39, 0.29) is 4.90 Å². The third-order valence-corrected chi connectivity index (χ3v) is 4.18. The van der Waals surface area contributed by atoms with E-state index >= 15 is 0 Å². The summed E-state index contributed by atoms with van der Waals surface area (Å²) in [7, 11) is 0.450. The average molecular weight is 271 g/mol. The first kappa shape index (κ1) is 14.9. The van der Waals surface area contributed by atoms with Gasteiger partial charge in [-0.2, -0.15) is 0 Å². The third kappa shape index (κ3) is 4.29. The summed E-state index contributed by atoms with van der Waals surface area (Å²) >= 11 is 0. The molecule has 1 aromatic rings. The molecule has 3 N–H and O–H groups in total. The molecule has 0 radical (unpaired) electrons. The predicted molar refractivity (Wildman–Crippen MR) is 74.0 cm³/mol. The van der Waals surface area contributed by atoms with Crippen molar-refractivity contribution in [1.29, 1.82) is 0 Å². The molecule has 0 aliphatic carbocycles. The minimum absolute atomic E-state index is 0.257. The number of sulfonamides is 1. The van der Waals surface area contributed by atoms with E-state index in [1.807, 2.05) is 19.0 Å². The molecule has 0 atom stereocenters. The van der Waals surface area contributed by atoms with Gasteiger partial charge in [0.05, 0.1) is 4.90 Å². The van der Waals surface area contributed by atoms with Crippen molar-refractivity contribution < 1.29 is 8.42 Å². The Balaban J connectivity index is 2.71. The van der Waals surface area contributed by atoms with Gasteiger partial charge in [-0.05, 0) is 51.7 Å².